The van der Waals surface area contributed by atoms with Gasteiger partial charge in [0.1, 0.15) is 5.75 Å². The SMILES string of the molecule is COc1ccc2c(c1)CC[C@H]1C2CC[C@@]2(C)CCCC12. The van der Waals surface area contributed by atoms with E-state index in [-0.39, 0.29) is 0 Å². The van der Waals surface area contributed by atoms with Crippen LogP contribution in [-0.4, -0.2) is 7.11 Å². The molecule has 4 atom stereocenters. The van der Waals surface area contributed by atoms with Gasteiger partial charge in [0.05, 0.1) is 7.11 Å². The average Bonchev–Trinajstić information content (AvgIpc) is 2.88. The Labute approximate surface area is 122 Å². The lowest BCUT2D eigenvalue weighted by atomic mass is 9.56. The highest BCUT2D eigenvalue weighted by atomic mass is 16.5. The second kappa shape index (κ2) is 4.51. The molecule has 2 unspecified atom stereocenters. The van der Waals surface area contributed by atoms with Crippen molar-refractivity contribution in [3.63, 3.8) is 0 Å². The molecule has 0 aromatic heterocycles. The van der Waals surface area contributed by atoms with Crippen LogP contribution in [0.15, 0.2) is 18.2 Å². The molecule has 0 bridgehead atoms. The molecule has 2 fully saturated rings. The van der Waals surface area contributed by atoms with E-state index in [1.54, 1.807) is 18.2 Å². The highest BCUT2D eigenvalue weighted by Gasteiger charge is 2.50. The summed E-state index contributed by atoms with van der Waals surface area (Å²) in [6.45, 7) is 2.57. The Balaban J connectivity index is 1.69. The standard InChI is InChI=1S/C19H26O/c1-19-10-3-4-18(19)17-7-5-13-12-14(20-2)6-8-15(13)16(17)9-11-19/h6,8,12,16-18H,3-5,7,9-11H2,1-2H3/t16?,17-,18?,19+/m0/s1. The van der Waals surface area contributed by atoms with Crippen molar-refractivity contribution < 1.29 is 4.74 Å². The molecule has 1 aromatic rings. The molecular weight excluding hydrogens is 244 g/mol. The molecular formula is C19H26O. The van der Waals surface area contributed by atoms with Gasteiger partial charge in [0.2, 0.25) is 0 Å². The predicted molar refractivity (Wildman–Crippen MR) is 82.2 cm³/mol. The maximum atomic E-state index is 5.40. The second-order valence-corrected chi connectivity index (χ2v) is 7.57. The van der Waals surface area contributed by atoms with Crippen LogP contribution in [-0.2, 0) is 6.42 Å². The van der Waals surface area contributed by atoms with Crippen LogP contribution >= 0.6 is 0 Å². The van der Waals surface area contributed by atoms with Crippen LogP contribution in [0, 0.1) is 17.3 Å². The van der Waals surface area contributed by atoms with E-state index in [1.807, 2.05) is 0 Å². The quantitative estimate of drug-likeness (QED) is 0.702. The van der Waals surface area contributed by atoms with Gasteiger partial charge < -0.3 is 4.74 Å². The smallest absolute Gasteiger partial charge is 0.119 e. The Kier molecular flexibility index (Phi) is 2.87. The monoisotopic (exact) mass is 270 g/mol. The Bertz CT molecular complexity index is 520. The third-order valence-electron chi connectivity index (χ3n) is 6.71. The number of methoxy groups -OCH3 is 1. The number of aryl methyl sites for hydroxylation is 1. The summed E-state index contributed by atoms with van der Waals surface area (Å²) in [5.41, 5.74) is 3.88. The first-order valence-corrected chi connectivity index (χ1v) is 8.38. The number of hydrogen-bond acceptors (Lipinski definition) is 1. The highest BCUT2D eigenvalue weighted by Crippen LogP contribution is 2.60. The molecule has 0 heterocycles. The van der Waals surface area contributed by atoms with Gasteiger partial charge >= 0.3 is 0 Å². The summed E-state index contributed by atoms with van der Waals surface area (Å²) in [6, 6.07) is 6.82. The average molecular weight is 270 g/mol. The Morgan fingerprint density at radius 2 is 2.05 bits per heavy atom. The number of fused-ring (bicyclic) bond motifs is 5. The lowest BCUT2D eigenvalue weighted by Gasteiger charge is -2.49. The topological polar surface area (TPSA) is 9.23 Å². The van der Waals surface area contributed by atoms with E-state index in [9.17, 15) is 0 Å². The molecule has 2 saturated carbocycles. The molecule has 1 aromatic carbocycles. The molecule has 1 nitrogen and oxygen atoms in total. The summed E-state index contributed by atoms with van der Waals surface area (Å²) >= 11 is 0. The van der Waals surface area contributed by atoms with Crippen LogP contribution in [0.4, 0.5) is 0 Å². The van der Waals surface area contributed by atoms with Crippen molar-refractivity contribution in [3.05, 3.63) is 29.3 Å². The first-order valence-electron chi connectivity index (χ1n) is 8.38. The van der Waals surface area contributed by atoms with Crippen molar-refractivity contribution in [1.29, 1.82) is 0 Å². The van der Waals surface area contributed by atoms with Crippen LogP contribution in [0.3, 0.4) is 0 Å². The molecule has 3 aliphatic carbocycles. The minimum Gasteiger partial charge on any atom is -0.497 e. The first-order chi connectivity index (χ1) is 9.71. The third-order valence-corrected chi connectivity index (χ3v) is 6.71. The number of ether oxygens (including phenoxy) is 1. The molecule has 1 heteroatoms. The first kappa shape index (κ1) is 12.7. The maximum Gasteiger partial charge on any atom is 0.119 e. The summed E-state index contributed by atoms with van der Waals surface area (Å²) in [6.07, 6.45) is 9.98. The van der Waals surface area contributed by atoms with Crippen molar-refractivity contribution in [2.45, 2.75) is 57.8 Å². The Hall–Kier alpha value is -0.980. The molecule has 4 rings (SSSR count). The van der Waals surface area contributed by atoms with Crippen molar-refractivity contribution in [2.75, 3.05) is 7.11 Å². The van der Waals surface area contributed by atoms with Crippen molar-refractivity contribution in [1.82, 2.24) is 0 Å². The summed E-state index contributed by atoms with van der Waals surface area (Å²) in [5.74, 6) is 3.82. The van der Waals surface area contributed by atoms with E-state index >= 15 is 0 Å². The molecule has 3 aliphatic rings. The van der Waals surface area contributed by atoms with Crippen LogP contribution < -0.4 is 4.74 Å². The van der Waals surface area contributed by atoms with Gasteiger partial charge in [-0.15, -0.1) is 0 Å². The van der Waals surface area contributed by atoms with Gasteiger partial charge in [0, 0.05) is 0 Å². The van der Waals surface area contributed by atoms with Gasteiger partial charge in [-0.05, 0) is 85.0 Å². The zero-order valence-corrected chi connectivity index (χ0v) is 12.8. The van der Waals surface area contributed by atoms with E-state index in [2.05, 4.69) is 25.1 Å². The minimum absolute atomic E-state index is 0.672. The Morgan fingerprint density at radius 3 is 2.90 bits per heavy atom. The van der Waals surface area contributed by atoms with E-state index < -0.39 is 0 Å². The van der Waals surface area contributed by atoms with Gasteiger partial charge in [-0.2, -0.15) is 0 Å². The predicted octanol–water partition coefficient (Wildman–Crippen LogP) is 4.94. The molecule has 0 radical (unpaired) electrons. The van der Waals surface area contributed by atoms with E-state index in [0.29, 0.717) is 5.41 Å². The van der Waals surface area contributed by atoms with Gasteiger partial charge in [-0.25, -0.2) is 0 Å². The van der Waals surface area contributed by atoms with Crippen molar-refractivity contribution >= 4 is 0 Å². The fraction of sp³-hybridized carbons (Fsp3) is 0.684. The van der Waals surface area contributed by atoms with Crippen molar-refractivity contribution in [2.24, 2.45) is 17.3 Å². The van der Waals surface area contributed by atoms with E-state index in [1.165, 1.54) is 44.9 Å². The molecule has 0 N–H and O–H groups in total. The van der Waals surface area contributed by atoms with Gasteiger partial charge in [-0.1, -0.05) is 19.4 Å². The second-order valence-electron chi connectivity index (χ2n) is 7.57. The molecule has 0 spiro atoms. The fourth-order valence-corrected chi connectivity index (χ4v) is 5.68. The van der Waals surface area contributed by atoms with Crippen molar-refractivity contribution in [3.8, 4) is 5.75 Å². The summed E-state index contributed by atoms with van der Waals surface area (Å²) < 4.78 is 5.40. The number of benzene rings is 1. The molecule has 0 saturated heterocycles. The Morgan fingerprint density at radius 1 is 1.15 bits per heavy atom. The summed E-state index contributed by atoms with van der Waals surface area (Å²) in [7, 11) is 1.78. The number of hydrogen-bond donors (Lipinski definition) is 0. The highest BCUT2D eigenvalue weighted by molar-refractivity contribution is 5.40. The van der Waals surface area contributed by atoms with Crippen LogP contribution in [0.1, 0.15) is 62.5 Å². The fourth-order valence-electron chi connectivity index (χ4n) is 5.68. The van der Waals surface area contributed by atoms with E-state index in [0.717, 1.165) is 23.5 Å². The largest absolute Gasteiger partial charge is 0.497 e. The van der Waals surface area contributed by atoms with Gasteiger partial charge in [-0.3, -0.25) is 0 Å². The van der Waals surface area contributed by atoms with Gasteiger partial charge in [0.25, 0.3) is 0 Å². The summed E-state index contributed by atoms with van der Waals surface area (Å²) in [4.78, 5) is 0. The third kappa shape index (κ3) is 1.75. The van der Waals surface area contributed by atoms with Gasteiger partial charge in [0.15, 0.2) is 0 Å². The van der Waals surface area contributed by atoms with Crippen LogP contribution in [0.5, 0.6) is 5.75 Å². The summed E-state index contributed by atoms with van der Waals surface area (Å²) in [5, 5.41) is 0. The molecule has 0 aliphatic heterocycles. The lowest BCUT2D eigenvalue weighted by molar-refractivity contribution is 0.0598. The lowest BCUT2D eigenvalue weighted by Crippen LogP contribution is -2.39. The molecule has 20 heavy (non-hydrogen) atoms. The van der Waals surface area contributed by atoms with E-state index in [4.69, 9.17) is 4.74 Å². The number of rotatable bonds is 1. The minimum atomic E-state index is 0.672. The zero-order chi connectivity index (χ0) is 13.7. The maximum absolute atomic E-state index is 5.40. The molecule has 0 amide bonds. The zero-order valence-electron chi connectivity index (χ0n) is 12.8. The van der Waals surface area contributed by atoms with Crippen LogP contribution in [0.25, 0.3) is 0 Å². The van der Waals surface area contributed by atoms with Crippen LogP contribution in [0.2, 0.25) is 0 Å². The normalized spacial score (nSPS) is 38.8. The molecule has 108 valence electrons.